The Morgan fingerprint density at radius 3 is 2.45 bits per heavy atom. The number of nitrogens with one attached hydrogen (secondary N) is 1. The Morgan fingerprint density at radius 1 is 1.36 bits per heavy atom. The Balaban J connectivity index is 3.38. The molecule has 0 fully saturated rings. The molecule has 0 aromatic carbocycles. The third kappa shape index (κ3) is 5.54. The van der Waals surface area contributed by atoms with Gasteiger partial charge in [-0.1, -0.05) is 0 Å². The van der Waals surface area contributed by atoms with E-state index in [0.29, 0.717) is 6.54 Å². The van der Waals surface area contributed by atoms with Gasteiger partial charge in [0.1, 0.15) is 5.78 Å². The fourth-order valence-corrected chi connectivity index (χ4v) is 0.629. The number of hydrogen-bond donors (Lipinski definition) is 1. The minimum atomic E-state index is -0.338. The van der Waals surface area contributed by atoms with Gasteiger partial charge in [-0.2, -0.15) is 0 Å². The van der Waals surface area contributed by atoms with E-state index in [1.165, 1.54) is 7.11 Å². The summed E-state index contributed by atoms with van der Waals surface area (Å²) in [5.74, 6) is -0.313. The number of carbonyl (C=O) groups is 2. The largest absolute Gasteiger partial charge is 0.469 e. The van der Waals surface area contributed by atoms with Crippen molar-refractivity contribution in [2.75, 3.05) is 20.7 Å². The van der Waals surface area contributed by atoms with E-state index in [1.54, 1.807) is 7.05 Å². The Bertz CT molecular complexity index is 145. The topological polar surface area (TPSA) is 55.4 Å². The van der Waals surface area contributed by atoms with Crippen molar-refractivity contribution in [3.05, 3.63) is 0 Å². The van der Waals surface area contributed by atoms with Crippen LogP contribution in [0.3, 0.4) is 0 Å². The molecule has 0 aromatic rings. The predicted octanol–water partition coefficient (Wildman–Crippen LogP) is -0.272. The summed E-state index contributed by atoms with van der Waals surface area (Å²) in [6.45, 7) is 0.316. The minimum absolute atomic E-state index is 0.0258. The molecule has 4 heteroatoms. The van der Waals surface area contributed by atoms with Crippen molar-refractivity contribution >= 4 is 11.8 Å². The van der Waals surface area contributed by atoms with Crippen LogP contribution < -0.4 is 5.32 Å². The molecule has 0 atom stereocenters. The van der Waals surface area contributed by atoms with E-state index in [-0.39, 0.29) is 24.6 Å². The molecule has 1 N–H and O–H groups in total. The first-order valence-electron chi connectivity index (χ1n) is 3.43. The normalized spacial score (nSPS) is 9.27. The molecule has 0 rings (SSSR count). The first-order chi connectivity index (χ1) is 5.20. The second kappa shape index (κ2) is 5.85. The summed E-state index contributed by atoms with van der Waals surface area (Å²) in [5.41, 5.74) is 0. The van der Waals surface area contributed by atoms with Crippen LogP contribution in [0.25, 0.3) is 0 Å². The number of ether oxygens (including phenoxy) is 1. The van der Waals surface area contributed by atoms with E-state index < -0.39 is 0 Å². The van der Waals surface area contributed by atoms with Crippen LogP contribution in [-0.2, 0) is 14.3 Å². The SMILES string of the molecule is CNCC(=O)CCC(=O)OC. The maximum atomic E-state index is 10.8. The molecule has 0 radical (unpaired) electrons. The molecular formula is C7H13NO3. The number of esters is 1. The smallest absolute Gasteiger partial charge is 0.305 e. The highest BCUT2D eigenvalue weighted by Crippen LogP contribution is 1.91. The highest BCUT2D eigenvalue weighted by atomic mass is 16.5. The minimum Gasteiger partial charge on any atom is -0.469 e. The Morgan fingerprint density at radius 2 is 2.00 bits per heavy atom. The van der Waals surface area contributed by atoms with Gasteiger partial charge >= 0.3 is 5.97 Å². The van der Waals surface area contributed by atoms with Crippen LogP contribution >= 0.6 is 0 Å². The van der Waals surface area contributed by atoms with Gasteiger partial charge in [0.25, 0.3) is 0 Å². The van der Waals surface area contributed by atoms with Gasteiger partial charge in [0, 0.05) is 6.42 Å². The quantitative estimate of drug-likeness (QED) is 0.561. The van der Waals surface area contributed by atoms with Crippen molar-refractivity contribution in [1.29, 1.82) is 0 Å². The number of carbonyl (C=O) groups excluding carboxylic acids is 2. The van der Waals surface area contributed by atoms with Gasteiger partial charge in [-0.3, -0.25) is 9.59 Å². The lowest BCUT2D eigenvalue weighted by Crippen LogP contribution is -2.19. The van der Waals surface area contributed by atoms with Crippen LogP contribution in [0.15, 0.2) is 0 Å². The summed E-state index contributed by atoms with van der Waals surface area (Å²) in [6.07, 6.45) is 0.435. The van der Waals surface area contributed by atoms with Crippen molar-refractivity contribution in [3.8, 4) is 0 Å². The lowest BCUT2D eigenvalue weighted by Gasteiger charge is -1.98. The van der Waals surface area contributed by atoms with E-state index in [9.17, 15) is 9.59 Å². The number of methoxy groups -OCH3 is 1. The van der Waals surface area contributed by atoms with Crippen LogP contribution in [0.4, 0.5) is 0 Å². The first kappa shape index (κ1) is 10.1. The molecule has 0 saturated heterocycles. The van der Waals surface area contributed by atoms with Gasteiger partial charge in [0.15, 0.2) is 0 Å². The lowest BCUT2D eigenvalue weighted by molar-refractivity contribution is -0.141. The van der Waals surface area contributed by atoms with Gasteiger partial charge in [0.2, 0.25) is 0 Å². The average molecular weight is 159 g/mol. The predicted molar refractivity (Wildman–Crippen MR) is 40.2 cm³/mol. The van der Waals surface area contributed by atoms with E-state index in [4.69, 9.17) is 0 Å². The van der Waals surface area contributed by atoms with Crippen molar-refractivity contribution < 1.29 is 14.3 Å². The molecule has 0 aliphatic rings. The van der Waals surface area contributed by atoms with E-state index in [0.717, 1.165) is 0 Å². The van der Waals surface area contributed by atoms with Gasteiger partial charge in [0.05, 0.1) is 20.1 Å². The zero-order chi connectivity index (χ0) is 8.69. The summed E-state index contributed by atoms with van der Waals surface area (Å²) in [5, 5.41) is 2.71. The molecule has 0 amide bonds. The number of hydrogen-bond acceptors (Lipinski definition) is 4. The fraction of sp³-hybridized carbons (Fsp3) is 0.714. The Kier molecular flexibility index (Phi) is 5.37. The lowest BCUT2D eigenvalue weighted by atomic mass is 10.2. The van der Waals surface area contributed by atoms with Gasteiger partial charge in [-0.05, 0) is 7.05 Å². The van der Waals surface area contributed by atoms with E-state index in [2.05, 4.69) is 10.1 Å². The molecule has 0 unspecified atom stereocenters. The number of Topliss-reactive ketones (excluding diaryl/α,β-unsaturated/α-hetero) is 1. The average Bonchev–Trinajstić information content (AvgIpc) is 2.01. The van der Waals surface area contributed by atoms with Crippen molar-refractivity contribution in [1.82, 2.24) is 5.32 Å². The number of ketones is 1. The molecule has 11 heavy (non-hydrogen) atoms. The Hall–Kier alpha value is -0.900. The van der Waals surface area contributed by atoms with Crippen molar-refractivity contribution in [3.63, 3.8) is 0 Å². The molecule has 64 valence electrons. The highest BCUT2D eigenvalue weighted by molar-refractivity contribution is 5.84. The zero-order valence-corrected chi connectivity index (χ0v) is 6.85. The summed E-state index contributed by atoms with van der Waals surface area (Å²) >= 11 is 0. The molecule has 0 aromatic heterocycles. The standard InChI is InChI=1S/C7H13NO3/c1-8-5-6(9)3-4-7(10)11-2/h8H,3-5H2,1-2H3. The monoisotopic (exact) mass is 159 g/mol. The molecule has 4 nitrogen and oxygen atoms in total. The summed E-state index contributed by atoms with van der Waals surface area (Å²) in [4.78, 5) is 21.3. The van der Waals surface area contributed by atoms with E-state index in [1.807, 2.05) is 0 Å². The molecular weight excluding hydrogens is 146 g/mol. The van der Waals surface area contributed by atoms with Crippen LogP contribution in [0.2, 0.25) is 0 Å². The highest BCUT2D eigenvalue weighted by Gasteiger charge is 2.04. The van der Waals surface area contributed by atoms with Crippen molar-refractivity contribution in [2.45, 2.75) is 12.8 Å². The van der Waals surface area contributed by atoms with Crippen LogP contribution in [0, 0.1) is 0 Å². The van der Waals surface area contributed by atoms with Gasteiger partial charge in [-0.25, -0.2) is 0 Å². The molecule has 0 bridgehead atoms. The third-order valence-corrected chi connectivity index (χ3v) is 1.21. The fourth-order valence-electron chi connectivity index (χ4n) is 0.629. The maximum absolute atomic E-state index is 10.8. The molecule has 0 aliphatic heterocycles. The molecule has 0 spiro atoms. The maximum Gasteiger partial charge on any atom is 0.305 e. The molecule has 0 saturated carbocycles. The summed E-state index contributed by atoms with van der Waals surface area (Å²) in [6, 6.07) is 0. The number of likely N-dealkylation sites (N-methyl/N-ethyl adjacent to an activating group) is 1. The second-order valence-corrected chi connectivity index (χ2v) is 2.15. The second-order valence-electron chi connectivity index (χ2n) is 2.15. The molecule has 0 aliphatic carbocycles. The van der Waals surface area contributed by atoms with Crippen LogP contribution in [0.1, 0.15) is 12.8 Å². The summed E-state index contributed by atoms with van der Waals surface area (Å²) in [7, 11) is 3.00. The van der Waals surface area contributed by atoms with E-state index >= 15 is 0 Å². The molecule has 0 heterocycles. The van der Waals surface area contributed by atoms with Crippen LogP contribution in [-0.4, -0.2) is 32.5 Å². The summed E-state index contributed by atoms with van der Waals surface area (Å²) < 4.78 is 4.37. The van der Waals surface area contributed by atoms with Gasteiger partial charge < -0.3 is 10.1 Å². The Labute approximate surface area is 65.9 Å². The van der Waals surface area contributed by atoms with Crippen LogP contribution in [0.5, 0.6) is 0 Å². The van der Waals surface area contributed by atoms with Crippen molar-refractivity contribution in [2.24, 2.45) is 0 Å². The third-order valence-electron chi connectivity index (χ3n) is 1.21. The zero-order valence-electron chi connectivity index (χ0n) is 6.85. The first-order valence-corrected chi connectivity index (χ1v) is 3.43. The number of rotatable bonds is 5. The van der Waals surface area contributed by atoms with Gasteiger partial charge in [-0.15, -0.1) is 0 Å².